The van der Waals surface area contributed by atoms with E-state index in [0.29, 0.717) is 6.54 Å². The molecule has 0 saturated carbocycles. The minimum absolute atomic E-state index is 0. The van der Waals surface area contributed by atoms with E-state index in [1.54, 1.807) is 0 Å². The molecule has 0 saturated heterocycles. The molecule has 1 atom stereocenters. The monoisotopic (exact) mass is 305 g/mol. The van der Waals surface area contributed by atoms with Crippen LogP contribution in [0.3, 0.4) is 0 Å². The zero-order valence-corrected chi connectivity index (χ0v) is 13.4. The van der Waals surface area contributed by atoms with Crippen molar-refractivity contribution in [2.24, 2.45) is 5.73 Å². The van der Waals surface area contributed by atoms with Gasteiger partial charge in [-0.3, -0.25) is 9.59 Å². The molecule has 0 aliphatic carbocycles. The van der Waals surface area contributed by atoms with E-state index in [4.69, 9.17) is 31.3 Å². The topological polar surface area (TPSA) is 178 Å². The van der Waals surface area contributed by atoms with Crippen LogP contribution in [0.15, 0.2) is 0 Å². The van der Waals surface area contributed by atoms with Gasteiger partial charge < -0.3 is 32.7 Å². The number of aliphatic carboxylic acids is 3. The van der Waals surface area contributed by atoms with Crippen molar-refractivity contribution in [2.75, 3.05) is 6.54 Å². The van der Waals surface area contributed by atoms with Crippen molar-refractivity contribution in [1.82, 2.24) is 0 Å². The van der Waals surface area contributed by atoms with Gasteiger partial charge in [-0.05, 0) is 6.42 Å². The second kappa shape index (κ2) is 12.1. The van der Waals surface area contributed by atoms with Gasteiger partial charge in [0.05, 0.1) is 18.9 Å². The maximum Gasteiger partial charge on any atom is 1.00 e. The van der Waals surface area contributed by atoms with Crippen LogP contribution in [0.4, 0.5) is 0 Å². The summed E-state index contributed by atoms with van der Waals surface area (Å²) in [7, 11) is 0. The number of carbonyl (C=O) groups is 3. The van der Waals surface area contributed by atoms with Crippen molar-refractivity contribution >= 4 is 17.9 Å². The Morgan fingerprint density at radius 3 is 1.60 bits per heavy atom. The van der Waals surface area contributed by atoms with Crippen LogP contribution >= 0.6 is 0 Å². The molecule has 10 heteroatoms. The van der Waals surface area contributed by atoms with Crippen molar-refractivity contribution in [3.63, 3.8) is 0 Å². The standard InChI is InChI=1S/C6H8O7.C4H11NO.Na.H/c7-3(8)1-6(13,5(11)12)2-4(9)10;1-2-4(6)3-5;;/h13H,1-2H2,(H,7,8)(H,9,10)(H,11,12);4,6H,2-3,5H2,1H3;;/q;;+1;-1. The maximum absolute atomic E-state index is 10.3. The Bertz CT molecular complexity index is 308. The van der Waals surface area contributed by atoms with Crippen LogP contribution in [0.2, 0.25) is 0 Å². The van der Waals surface area contributed by atoms with E-state index >= 15 is 0 Å². The van der Waals surface area contributed by atoms with E-state index in [0.717, 1.165) is 6.42 Å². The molecule has 0 aromatic rings. The quantitative estimate of drug-likeness (QED) is 0.253. The molecular formula is C10H20NNaO8. The molecule has 0 heterocycles. The molecule has 20 heavy (non-hydrogen) atoms. The van der Waals surface area contributed by atoms with Crippen LogP contribution in [0.5, 0.6) is 0 Å². The Labute approximate surface area is 139 Å². The van der Waals surface area contributed by atoms with Crippen molar-refractivity contribution in [2.45, 2.75) is 37.9 Å². The van der Waals surface area contributed by atoms with Crippen LogP contribution in [0.25, 0.3) is 0 Å². The summed E-state index contributed by atoms with van der Waals surface area (Å²) in [5.74, 6) is -5.02. The van der Waals surface area contributed by atoms with E-state index < -0.39 is 36.4 Å². The van der Waals surface area contributed by atoms with Gasteiger partial charge in [0.25, 0.3) is 0 Å². The molecule has 1 unspecified atom stereocenters. The third-order valence-corrected chi connectivity index (χ3v) is 2.03. The minimum Gasteiger partial charge on any atom is -1.00 e. The number of rotatable bonds is 7. The number of hydrogen-bond donors (Lipinski definition) is 6. The fourth-order valence-corrected chi connectivity index (χ4v) is 0.881. The van der Waals surface area contributed by atoms with Gasteiger partial charge in [-0.1, -0.05) is 6.92 Å². The largest absolute Gasteiger partial charge is 1.00 e. The first-order valence-corrected chi connectivity index (χ1v) is 5.36. The number of aliphatic hydroxyl groups is 2. The Morgan fingerprint density at radius 1 is 1.15 bits per heavy atom. The van der Waals surface area contributed by atoms with Crippen molar-refractivity contribution in [3.05, 3.63) is 0 Å². The predicted octanol–water partition coefficient (Wildman–Crippen LogP) is -4.42. The van der Waals surface area contributed by atoms with E-state index in [1.807, 2.05) is 6.92 Å². The van der Waals surface area contributed by atoms with Crippen molar-refractivity contribution < 1.29 is 70.9 Å². The Kier molecular flexibility index (Phi) is 14.7. The van der Waals surface area contributed by atoms with Crippen LogP contribution in [-0.2, 0) is 14.4 Å². The Balaban J connectivity index is -0.000000156. The summed E-state index contributed by atoms with van der Waals surface area (Å²) in [6, 6.07) is 0. The number of carboxylic acid groups (broad SMARTS) is 3. The Hall–Kier alpha value is -0.710. The van der Waals surface area contributed by atoms with Gasteiger partial charge in [0.2, 0.25) is 0 Å². The second-order valence-electron chi connectivity index (χ2n) is 3.78. The van der Waals surface area contributed by atoms with Gasteiger partial charge in [0.1, 0.15) is 0 Å². The van der Waals surface area contributed by atoms with E-state index in [-0.39, 0.29) is 37.1 Å². The molecule has 0 aromatic heterocycles. The molecule has 114 valence electrons. The molecule has 0 amide bonds. The molecular weight excluding hydrogens is 285 g/mol. The zero-order chi connectivity index (χ0) is 15.6. The van der Waals surface area contributed by atoms with Crippen LogP contribution in [0, 0.1) is 0 Å². The van der Waals surface area contributed by atoms with Crippen molar-refractivity contribution in [3.8, 4) is 0 Å². The van der Waals surface area contributed by atoms with Gasteiger partial charge in [0, 0.05) is 6.54 Å². The molecule has 0 spiro atoms. The molecule has 0 aliphatic rings. The first-order chi connectivity index (χ1) is 8.58. The second-order valence-corrected chi connectivity index (χ2v) is 3.78. The molecule has 0 fully saturated rings. The van der Waals surface area contributed by atoms with Gasteiger partial charge in [0.15, 0.2) is 5.60 Å². The number of aliphatic hydroxyl groups excluding tert-OH is 1. The summed E-state index contributed by atoms with van der Waals surface area (Å²) in [4.78, 5) is 30.5. The Morgan fingerprint density at radius 2 is 1.50 bits per heavy atom. The number of nitrogens with two attached hydrogens (primary N) is 1. The number of hydrogen-bond acceptors (Lipinski definition) is 6. The molecule has 0 aromatic carbocycles. The molecule has 0 aliphatic heterocycles. The molecule has 0 radical (unpaired) electrons. The maximum atomic E-state index is 10.3. The SMILES string of the molecule is CCC(O)CN.O=C(O)CC(O)(CC(=O)O)C(=O)O.[H-].[Na+]. The van der Waals surface area contributed by atoms with Gasteiger partial charge in [-0.15, -0.1) is 0 Å². The summed E-state index contributed by atoms with van der Waals surface area (Å²) >= 11 is 0. The fraction of sp³-hybridized carbons (Fsp3) is 0.700. The predicted molar refractivity (Wildman–Crippen MR) is 63.6 cm³/mol. The summed E-state index contributed by atoms with van der Waals surface area (Å²) in [5.41, 5.74) is 2.29. The molecule has 7 N–H and O–H groups in total. The third-order valence-electron chi connectivity index (χ3n) is 2.03. The van der Waals surface area contributed by atoms with Crippen LogP contribution < -0.4 is 35.3 Å². The van der Waals surface area contributed by atoms with Gasteiger partial charge >= 0.3 is 47.5 Å². The van der Waals surface area contributed by atoms with Crippen LogP contribution in [-0.4, -0.2) is 61.7 Å². The van der Waals surface area contributed by atoms with E-state index in [1.165, 1.54) is 0 Å². The van der Waals surface area contributed by atoms with E-state index in [2.05, 4.69) is 0 Å². The minimum atomic E-state index is -2.74. The average molecular weight is 305 g/mol. The first-order valence-electron chi connectivity index (χ1n) is 5.36. The van der Waals surface area contributed by atoms with Crippen molar-refractivity contribution in [1.29, 1.82) is 0 Å². The summed E-state index contributed by atoms with van der Waals surface area (Å²) in [5, 5.41) is 42.4. The summed E-state index contributed by atoms with van der Waals surface area (Å²) in [6.45, 7) is 2.29. The normalized spacial score (nSPS) is 11.4. The van der Waals surface area contributed by atoms with Crippen LogP contribution in [0.1, 0.15) is 27.6 Å². The molecule has 0 bridgehead atoms. The summed E-state index contributed by atoms with van der Waals surface area (Å²) in [6.07, 6.45) is -1.82. The molecule has 9 nitrogen and oxygen atoms in total. The number of carboxylic acids is 3. The first kappa shape index (κ1) is 24.3. The zero-order valence-electron chi connectivity index (χ0n) is 12.4. The van der Waals surface area contributed by atoms with Gasteiger partial charge in [-0.25, -0.2) is 4.79 Å². The molecule has 0 rings (SSSR count). The third kappa shape index (κ3) is 12.3. The average Bonchev–Trinajstić information content (AvgIpc) is 2.26. The fourth-order valence-electron chi connectivity index (χ4n) is 0.881. The van der Waals surface area contributed by atoms with Gasteiger partial charge in [-0.2, -0.15) is 0 Å². The summed E-state index contributed by atoms with van der Waals surface area (Å²) < 4.78 is 0. The smallest absolute Gasteiger partial charge is 1.00 e. The van der Waals surface area contributed by atoms with E-state index in [9.17, 15) is 14.4 Å².